The molecular formula is C28H32N4O5S. The van der Waals surface area contributed by atoms with E-state index in [1.165, 1.54) is 18.2 Å². The molecule has 0 aliphatic carbocycles. The molecule has 3 aromatic carbocycles. The maximum Gasteiger partial charge on any atom is 0.229 e. The quantitative estimate of drug-likeness (QED) is 0.223. The third-order valence-electron chi connectivity index (χ3n) is 5.83. The lowest BCUT2D eigenvalue weighted by atomic mass is 10.0. The number of carbonyl (C=O) groups excluding carboxylic acids is 1. The molecule has 10 heteroatoms. The molecule has 0 fully saturated rings. The van der Waals surface area contributed by atoms with Crippen molar-refractivity contribution in [3.63, 3.8) is 0 Å². The summed E-state index contributed by atoms with van der Waals surface area (Å²) >= 11 is 0. The fourth-order valence-electron chi connectivity index (χ4n) is 3.91. The van der Waals surface area contributed by atoms with E-state index in [-0.39, 0.29) is 36.4 Å². The Morgan fingerprint density at radius 3 is 2.42 bits per heavy atom. The number of amides is 1. The Morgan fingerprint density at radius 1 is 1.03 bits per heavy atom. The second kappa shape index (κ2) is 13.1. The molecule has 0 aromatic heterocycles. The molecule has 3 rings (SSSR count). The highest BCUT2D eigenvalue weighted by Crippen LogP contribution is 2.27. The van der Waals surface area contributed by atoms with Crippen molar-refractivity contribution >= 4 is 21.6 Å². The first-order chi connectivity index (χ1) is 18.0. The summed E-state index contributed by atoms with van der Waals surface area (Å²) in [7, 11) is -3.57. The van der Waals surface area contributed by atoms with E-state index in [0.29, 0.717) is 24.1 Å². The number of nitrogens with zero attached hydrogens (tertiary/aromatic N) is 1. The Morgan fingerprint density at radius 2 is 1.74 bits per heavy atom. The molecule has 38 heavy (non-hydrogen) atoms. The normalized spacial score (nSPS) is 12.8. The van der Waals surface area contributed by atoms with Crippen LogP contribution in [0, 0.1) is 11.3 Å². The van der Waals surface area contributed by atoms with Crippen LogP contribution >= 0.6 is 0 Å². The van der Waals surface area contributed by atoms with Crippen molar-refractivity contribution in [3.8, 4) is 11.8 Å². The molecule has 0 unspecified atom stereocenters. The van der Waals surface area contributed by atoms with E-state index in [4.69, 9.17) is 5.26 Å². The van der Waals surface area contributed by atoms with E-state index in [0.717, 1.165) is 22.9 Å². The molecule has 9 nitrogen and oxygen atoms in total. The van der Waals surface area contributed by atoms with Crippen molar-refractivity contribution in [3.05, 3.63) is 94.5 Å². The van der Waals surface area contributed by atoms with Gasteiger partial charge in [-0.25, -0.2) is 8.42 Å². The Kier molecular flexibility index (Phi) is 9.85. The number of hydrogen-bond acceptors (Lipinski definition) is 7. The van der Waals surface area contributed by atoms with Crippen LogP contribution in [0.3, 0.4) is 0 Å². The lowest BCUT2D eigenvalue weighted by molar-refractivity contribution is -0.120. The van der Waals surface area contributed by atoms with Crippen molar-refractivity contribution in [1.82, 2.24) is 10.6 Å². The highest BCUT2D eigenvalue weighted by Gasteiger charge is 2.14. The van der Waals surface area contributed by atoms with Crippen LogP contribution in [-0.4, -0.2) is 43.4 Å². The van der Waals surface area contributed by atoms with Gasteiger partial charge in [-0.15, -0.1) is 0 Å². The molecule has 0 radical (unpaired) electrons. The monoisotopic (exact) mass is 536 g/mol. The number of hydrogen-bond donors (Lipinski definition) is 5. The highest BCUT2D eigenvalue weighted by molar-refractivity contribution is 7.92. The minimum atomic E-state index is -3.57. The van der Waals surface area contributed by atoms with Crippen LogP contribution in [0.25, 0.3) is 0 Å². The standard InChI is InChI=1S/C28H32N4O5S/c1-19(30-18-27(34)24-10-11-26(33)25(15-24)32-38(2,36)37)12-22-4-3-5-23(13-22)14-28(35)31-17-21-8-6-20(16-29)7-9-21/h3-11,13,15,19,27,30,32-34H,12,14,17-18H2,1-2H3,(H,31,35)/t19-,27+/m1/s1. The lowest BCUT2D eigenvalue weighted by Gasteiger charge is -2.19. The molecule has 0 aliphatic heterocycles. The maximum absolute atomic E-state index is 12.4. The second-order valence-electron chi connectivity index (χ2n) is 9.26. The van der Waals surface area contributed by atoms with Crippen LogP contribution in [0.2, 0.25) is 0 Å². The van der Waals surface area contributed by atoms with Gasteiger partial charge in [-0.1, -0.05) is 42.5 Å². The number of anilines is 1. The van der Waals surface area contributed by atoms with Crippen LogP contribution in [0.1, 0.15) is 40.8 Å². The van der Waals surface area contributed by atoms with Gasteiger partial charge in [0.15, 0.2) is 0 Å². The van der Waals surface area contributed by atoms with E-state index in [1.54, 1.807) is 12.1 Å². The predicted octanol–water partition coefficient (Wildman–Crippen LogP) is 2.75. The van der Waals surface area contributed by atoms with Gasteiger partial charge in [-0.05, 0) is 59.9 Å². The number of nitrogens with one attached hydrogen (secondary N) is 3. The van der Waals surface area contributed by atoms with Crippen molar-refractivity contribution in [2.24, 2.45) is 0 Å². The molecule has 1 amide bonds. The maximum atomic E-state index is 12.4. The van der Waals surface area contributed by atoms with Crippen molar-refractivity contribution in [1.29, 1.82) is 5.26 Å². The van der Waals surface area contributed by atoms with E-state index < -0.39 is 16.1 Å². The van der Waals surface area contributed by atoms with Gasteiger partial charge < -0.3 is 20.8 Å². The summed E-state index contributed by atoms with van der Waals surface area (Å²) in [6.07, 6.45) is 0.987. The molecule has 5 N–H and O–H groups in total. The molecular weight excluding hydrogens is 504 g/mol. The van der Waals surface area contributed by atoms with Crippen LogP contribution in [-0.2, 0) is 34.2 Å². The first-order valence-electron chi connectivity index (χ1n) is 12.1. The van der Waals surface area contributed by atoms with Crippen LogP contribution in [0.4, 0.5) is 5.69 Å². The Balaban J connectivity index is 1.49. The van der Waals surface area contributed by atoms with Gasteiger partial charge in [-0.3, -0.25) is 9.52 Å². The first kappa shape index (κ1) is 28.7. The highest BCUT2D eigenvalue weighted by atomic mass is 32.2. The molecule has 2 atom stereocenters. The molecule has 0 saturated heterocycles. The summed E-state index contributed by atoms with van der Waals surface area (Å²) < 4.78 is 25.2. The smallest absolute Gasteiger partial charge is 0.229 e. The largest absolute Gasteiger partial charge is 0.506 e. The van der Waals surface area contributed by atoms with Gasteiger partial charge in [0.25, 0.3) is 0 Å². The average molecular weight is 537 g/mol. The topological polar surface area (TPSA) is 152 Å². The number of aliphatic hydroxyl groups is 1. The Hall–Kier alpha value is -3.91. The summed E-state index contributed by atoms with van der Waals surface area (Å²) in [6.45, 7) is 2.60. The van der Waals surface area contributed by atoms with E-state index in [1.807, 2.05) is 43.3 Å². The number of carbonyl (C=O) groups is 1. The van der Waals surface area contributed by atoms with Crippen LogP contribution < -0.4 is 15.4 Å². The fraction of sp³-hybridized carbons (Fsp3) is 0.286. The molecule has 0 bridgehead atoms. The van der Waals surface area contributed by atoms with Gasteiger partial charge in [0.05, 0.1) is 36.1 Å². The molecule has 0 heterocycles. The SMILES string of the molecule is C[C@H](Cc1cccc(CC(=O)NCc2ccc(C#N)cc2)c1)NC[C@H](O)c1ccc(O)c(NS(C)(=O)=O)c1. The minimum absolute atomic E-state index is 0.00912. The number of aromatic hydroxyl groups is 1. The Bertz CT molecular complexity index is 1400. The number of benzene rings is 3. The molecule has 0 saturated carbocycles. The lowest BCUT2D eigenvalue weighted by Crippen LogP contribution is -2.32. The summed E-state index contributed by atoms with van der Waals surface area (Å²) in [5.74, 6) is -0.324. The number of phenols is 1. The average Bonchev–Trinajstić information content (AvgIpc) is 2.87. The van der Waals surface area contributed by atoms with Crippen LogP contribution in [0.5, 0.6) is 5.75 Å². The van der Waals surface area contributed by atoms with Gasteiger partial charge in [0.1, 0.15) is 5.75 Å². The predicted molar refractivity (Wildman–Crippen MR) is 146 cm³/mol. The summed E-state index contributed by atoms with van der Waals surface area (Å²) in [6, 6.07) is 21.2. The molecule has 0 aliphatic rings. The van der Waals surface area contributed by atoms with E-state index >= 15 is 0 Å². The van der Waals surface area contributed by atoms with Gasteiger partial charge >= 0.3 is 0 Å². The van der Waals surface area contributed by atoms with Crippen molar-refractivity contribution in [2.75, 3.05) is 17.5 Å². The number of rotatable bonds is 12. The number of phenolic OH excluding ortho intramolecular Hbond substituents is 1. The Labute approximate surface area is 223 Å². The van der Waals surface area contributed by atoms with Crippen molar-refractivity contribution in [2.45, 2.75) is 38.5 Å². The number of aliphatic hydroxyl groups excluding tert-OH is 1. The summed E-state index contributed by atoms with van der Waals surface area (Å²) in [5.41, 5.74) is 3.90. The zero-order valence-electron chi connectivity index (χ0n) is 21.3. The zero-order valence-corrected chi connectivity index (χ0v) is 22.1. The van der Waals surface area contributed by atoms with Gasteiger partial charge in [0.2, 0.25) is 15.9 Å². The summed E-state index contributed by atoms with van der Waals surface area (Å²) in [4.78, 5) is 12.4. The molecule has 200 valence electrons. The number of sulfonamides is 1. The molecule has 3 aromatic rings. The minimum Gasteiger partial charge on any atom is -0.506 e. The first-order valence-corrected chi connectivity index (χ1v) is 14.0. The molecule has 0 spiro atoms. The zero-order chi connectivity index (χ0) is 27.7. The number of nitriles is 1. The van der Waals surface area contributed by atoms with Gasteiger partial charge in [0, 0.05) is 19.1 Å². The second-order valence-corrected chi connectivity index (χ2v) is 11.0. The van der Waals surface area contributed by atoms with E-state index in [2.05, 4.69) is 21.4 Å². The van der Waals surface area contributed by atoms with Crippen molar-refractivity contribution < 1.29 is 23.4 Å². The van der Waals surface area contributed by atoms with Crippen LogP contribution in [0.15, 0.2) is 66.7 Å². The third-order valence-corrected chi connectivity index (χ3v) is 6.42. The third kappa shape index (κ3) is 9.19. The summed E-state index contributed by atoms with van der Waals surface area (Å²) in [5, 5.41) is 35.5. The fourth-order valence-corrected chi connectivity index (χ4v) is 4.47. The van der Waals surface area contributed by atoms with Gasteiger partial charge in [-0.2, -0.15) is 5.26 Å². The van der Waals surface area contributed by atoms with E-state index in [9.17, 15) is 23.4 Å².